The van der Waals surface area contributed by atoms with Gasteiger partial charge >= 0.3 is 13.8 Å². The molecule has 10 nitrogen and oxygen atoms in total. The van der Waals surface area contributed by atoms with E-state index in [0.29, 0.717) is 35.2 Å². The van der Waals surface area contributed by atoms with Crippen molar-refractivity contribution in [2.75, 3.05) is 18.0 Å². The maximum Gasteiger partial charge on any atom is 0.475 e. The molecule has 1 fully saturated rings. The Labute approximate surface area is 363 Å². The lowest BCUT2D eigenvalue weighted by Gasteiger charge is -2.43. The summed E-state index contributed by atoms with van der Waals surface area (Å²) in [4.78, 5) is 20.1. The largest absolute Gasteiger partial charge is 0.475 e. The molecule has 0 spiro atoms. The van der Waals surface area contributed by atoms with Crippen LogP contribution in [0.1, 0.15) is 62.3 Å². The number of carbonyl (C=O) groups excluding carboxylic acids is 1. The third kappa shape index (κ3) is 12.6. The van der Waals surface area contributed by atoms with E-state index < -0.39 is 30.8 Å². The average Bonchev–Trinajstić information content (AvgIpc) is 3.27. The molecule has 0 amide bonds. The molecule has 1 aromatic heterocycles. The number of phosphoric acid groups is 1. The summed E-state index contributed by atoms with van der Waals surface area (Å²) in [6.07, 6.45) is 0.191. The highest BCUT2D eigenvalue weighted by Crippen LogP contribution is 2.57. The fraction of sp³-hybridized carbons (Fsp3) is 0.280. The first-order chi connectivity index (χ1) is 29.9. The molecule has 1 aliphatic rings. The lowest BCUT2D eigenvalue weighted by Crippen LogP contribution is -2.48. The van der Waals surface area contributed by atoms with Crippen molar-refractivity contribution in [1.82, 2.24) is 4.98 Å². The van der Waals surface area contributed by atoms with Gasteiger partial charge in [-0.25, -0.2) is 8.96 Å². The number of nitrogens with zero attached hydrogens (tertiary/aromatic N) is 2. The van der Waals surface area contributed by atoms with Gasteiger partial charge in [-0.15, -0.1) is 0 Å². The zero-order valence-electron chi connectivity index (χ0n) is 35.3. The van der Waals surface area contributed by atoms with Crippen LogP contribution in [0.4, 0.5) is 10.1 Å². The van der Waals surface area contributed by atoms with Crippen molar-refractivity contribution in [3.63, 3.8) is 0 Å². The van der Waals surface area contributed by atoms with E-state index >= 15 is 4.39 Å². The number of aromatic nitrogens is 1. The van der Waals surface area contributed by atoms with Crippen LogP contribution in [0.5, 0.6) is 11.8 Å². The predicted molar refractivity (Wildman–Crippen MR) is 237 cm³/mol. The summed E-state index contributed by atoms with van der Waals surface area (Å²) in [5, 5.41) is 0. The van der Waals surface area contributed by atoms with Gasteiger partial charge in [-0.3, -0.25) is 18.4 Å². The van der Waals surface area contributed by atoms with Crippen molar-refractivity contribution in [2.24, 2.45) is 0 Å². The molecule has 0 radical (unpaired) electrons. The van der Waals surface area contributed by atoms with E-state index in [4.69, 9.17) is 32.8 Å². The van der Waals surface area contributed by atoms with Gasteiger partial charge in [-0.2, -0.15) is 4.98 Å². The smallest absolute Gasteiger partial charge is 0.473 e. The minimum atomic E-state index is -4.31. The molecular weight excluding hydrogens is 807 g/mol. The highest BCUT2D eigenvalue weighted by Gasteiger charge is 2.46. The Kier molecular flexibility index (Phi) is 14.5. The SMILES string of the molecule is CC(C)(C)OC(=O)CC1(OP(=O)(OCc2ccccc2)OCc2ccccc2)CCN(c2ccc(-c3ccc(OCc4ccccc4)nc3OCc3ccccc3)cc2F)CC1. The van der Waals surface area contributed by atoms with Crippen LogP contribution in [0.25, 0.3) is 11.1 Å². The lowest BCUT2D eigenvalue weighted by atomic mass is 9.88. The maximum atomic E-state index is 16.4. The van der Waals surface area contributed by atoms with Crippen molar-refractivity contribution in [2.45, 2.75) is 77.7 Å². The van der Waals surface area contributed by atoms with Gasteiger partial charge in [-0.1, -0.05) is 127 Å². The Morgan fingerprint density at radius 1 is 0.677 bits per heavy atom. The van der Waals surface area contributed by atoms with E-state index in [0.717, 1.165) is 22.3 Å². The molecule has 322 valence electrons. The van der Waals surface area contributed by atoms with E-state index in [2.05, 4.69) is 0 Å². The number of rotatable bonds is 18. The van der Waals surface area contributed by atoms with Crippen molar-refractivity contribution in [3.8, 4) is 22.9 Å². The van der Waals surface area contributed by atoms with E-state index in [1.807, 2.05) is 138 Å². The number of pyridine rings is 1. The zero-order valence-corrected chi connectivity index (χ0v) is 36.2. The molecular formula is C50H52FN2O8P. The normalized spacial score (nSPS) is 14.0. The summed E-state index contributed by atoms with van der Waals surface area (Å²) < 4.78 is 67.4. The second kappa shape index (κ2) is 20.4. The fourth-order valence-corrected chi connectivity index (χ4v) is 8.62. The number of piperidine rings is 1. The fourth-order valence-electron chi connectivity index (χ4n) is 7.10. The van der Waals surface area contributed by atoms with E-state index in [-0.39, 0.29) is 52.2 Å². The van der Waals surface area contributed by atoms with Gasteiger partial charge in [0.05, 0.1) is 30.9 Å². The maximum absolute atomic E-state index is 16.4. The molecule has 0 bridgehead atoms. The number of phosphoric ester groups is 1. The van der Waals surface area contributed by atoms with Gasteiger partial charge in [0.15, 0.2) is 0 Å². The number of hydrogen-bond acceptors (Lipinski definition) is 10. The third-order valence-electron chi connectivity index (χ3n) is 10.2. The topological polar surface area (TPSA) is 106 Å². The predicted octanol–water partition coefficient (Wildman–Crippen LogP) is 11.7. The Morgan fingerprint density at radius 2 is 1.18 bits per heavy atom. The van der Waals surface area contributed by atoms with E-state index in [9.17, 15) is 9.36 Å². The molecule has 0 aliphatic carbocycles. The van der Waals surface area contributed by atoms with Gasteiger partial charge in [0, 0.05) is 24.7 Å². The number of anilines is 1. The molecule has 62 heavy (non-hydrogen) atoms. The number of benzene rings is 5. The first-order valence-corrected chi connectivity index (χ1v) is 22.2. The monoisotopic (exact) mass is 858 g/mol. The highest BCUT2D eigenvalue weighted by molar-refractivity contribution is 7.48. The third-order valence-corrected chi connectivity index (χ3v) is 11.7. The molecule has 1 saturated heterocycles. The van der Waals surface area contributed by atoms with Crippen LogP contribution >= 0.6 is 7.82 Å². The number of halogens is 1. The summed E-state index contributed by atoms with van der Waals surface area (Å²) in [7, 11) is -4.31. The molecule has 0 atom stereocenters. The average molecular weight is 859 g/mol. The highest BCUT2D eigenvalue weighted by atomic mass is 31.2. The van der Waals surface area contributed by atoms with Crippen molar-refractivity contribution < 1.29 is 41.5 Å². The van der Waals surface area contributed by atoms with Gasteiger partial charge in [-0.05, 0) is 79.6 Å². The number of hydrogen-bond donors (Lipinski definition) is 0. The molecule has 1 aliphatic heterocycles. The van der Waals surface area contributed by atoms with Crippen LogP contribution in [0.2, 0.25) is 0 Å². The van der Waals surface area contributed by atoms with Crippen molar-refractivity contribution in [3.05, 3.63) is 180 Å². The standard InChI is InChI=1S/C50H52FN2O8P/c1-49(2,3)60-47(54)33-50(61-62(55,58-36-40-20-12-6-13-21-40)59-37-41-22-14-7-15-23-41)28-30-53(31-29-50)45-26-24-42(32-44(45)51)43-25-27-46(56-34-38-16-8-4-9-17-38)52-48(43)57-35-39-18-10-5-11-19-39/h4-27,32H,28-31,33-37H2,1-3H3. The van der Waals surface area contributed by atoms with Crippen LogP contribution in [0.3, 0.4) is 0 Å². The Hall–Kier alpha value is -5.84. The van der Waals surface area contributed by atoms with E-state index in [1.165, 1.54) is 6.07 Å². The molecule has 6 aromatic rings. The summed E-state index contributed by atoms with van der Waals surface area (Å²) in [5.41, 5.74) is 2.96. The van der Waals surface area contributed by atoms with Crippen LogP contribution in [0.15, 0.2) is 152 Å². The number of ether oxygens (including phenoxy) is 3. The summed E-state index contributed by atoms with van der Waals surface area (Å²) in [6.45, 7) is 6.40. The van der Waals surface area contributed by atoms with Gasteiger partial charge < -0.3 is 19.1 Å². The summed E-state index contributed by atoms with van der Waals surface area (Å²) >= 11 is 0. The molecule has 5 aromatic carbocycles. The zero-order chi connectivity index (χ0) is 43.4. The molecule has 7 rings (SSSR count). The second-order valence-corrected chi connectivity index (χ2v) is 17.8. The molecule has 0 saturated carbocycles. The quantitative estimate of drug-likeness (QED) is 0.0613. The van der Waals surface area contributed by atoms with Crippen LogP contribution in [-0.2, 0) is 54.1 Å². The minimum absolute atomic E-state index is 0.0446. The molecule has 0 N–H and O–H groups in total. The Balaban J connectivity index is 1.11. The van der Waals surface area contributed by atoms with Crippen LogP contribution in [-0.4, -0.2) is 35.2 Å². The second-order valence-electron chi connectivity index (χ2n) is 16.2. The number of carbonyl (C=O) groups is 1. The van der Waals surface area contributed by atoms with Crippen molar-refractivity contribution in [1.29, 1.82) is 0 Å². The molecule has 2 heterocycles. The van der Waals surface area contributed by atoms with E-state index in [1.54, 1.807) is 32.9 Å². The van der Waals surface area contributed by atoms with Gasteiger partial charge in [0.1, 0.15) is 24.6 Å². The van der Waals surface area contributed by atoms with Crippen LogP contribution in [0, 0.1) is 5.82 Å². The van der Waals surface area contributed by atoms with Crippen LogP contribution < -0.4 is 14.4 Å². The minimum Gasteiger partial charge on any atom is -0.473 e. The summed E-state index contributed by atoms with van der Waals surface area (Å²) in [6, 6.07) is 46.7. The Morgan fingerprint density at radius 3 is 1.68 bits per heavy atom. The first kappa shape index (κ1) is 44.2. The summed E-state index contributed by atoms with van der Waals surface area (Å²) in [5.74, 6) is -0.287. The Bertz CT molecular complexity index is 2360. The van der Waals surface area contributed by atoms with Crippen molar-refractivity contribution >= 4 is 19.5 Å². The first-order valence-electron chi connectivity index (χ1n) is 20.7. The van der Waals surface area contributed by atoms with Gasteiger partial charge in [0.2, 0.25) is 11.8 Å². The lowest BCUT2D eigenvalue weighted by molar-refractivity contribution is -0.160. The van der Waals surface area contributed by atoms with Gasteiger partial charge in [0.25, 0.3) is 0 Å². The number of esters is 1. The molecule has 0 unspecified atom stereocenters. The molecule has 12 heteroatoms.